The number of H-pyrrole nitrogens is 1. The molecule has 2 N–H and O–H groups in total. The molecule has 132 valence electrons. The molecule has 0 spiro atoms. The van der Waals surface area contributed by atoms with E-state index >= 15 is 0 Å². The van der Waals surface area contributed by atoms with Gasteiger partial charge in [0.1, 0.15) is 0 Å². The molecule has 2 fully saturated rings. The van der Waals surface area contributed by atoms with E-state index in [1.54, 1.807) is 4.57 Å². The second-order valence-corrected chi connectivity index (χ2v) is 7.78. The number of benzene rings is 1. The Kier molecular flexibility index (Phi) is 4.46. The molecule has 4 rings (SSSR count). The fourth-order valence-corrected chi connectivity index (χ4v) is 4.04. The number of carbonyl (C=O) groups is 1. The molecule has 1 aromatic heterocycles. The van der Waals surface area contributed by atoms with Crippen molar-refractivity contribution in [3.8, 4) is 0 Å². The van der Waals surface area contributed by atoms with Gasteiger partial charge in [-0.15, -0.1) is 0 Å². The predicted octanol–water partition coefficient (Wildman–Crippen LogP) is 3.14. The molecule has 0 unspecified atom stereocenters. The summed E-state index contributed by atoms with van der Waals surface area (Å²) in [5.41, 5.74) is 0.766. The number of hydrogen-bond donors (Lipinski definition) is 2. The van der Waals surface area contributed by atoms with Crippen LogP contribution >= 0.6 is 12.2 Å². The van der Waals surface area contributed by atoms with Crippen molar-refractivity contribution >= 4 is 29.0 Å². The Morgan fingerprint density at radius 1 is 1.16 bits per heavy atom. The molecule has 0 aliphatic heterocycles. The van der Waals surface area contributed by atoms with Gasteiger partial charge in [0.2, 0.25) is 5.91 Å². The van der Waals surface area contributed by atoms with Gasteiger partial charge in [-0.05, 0) is 68.8 Å². The van der Waals surface area contributed by atoms with Crippen LogP contribution in [0.5, 0.6) is 0 Å². The lowest BCUT2D eigenvalue weighted by Gasteiger charge is -2.28. The highest BCUT2D eigenvalue weighted by atomic mass is 32.1. The summed E-state index contributed by atoms with van der Waals surface area (Å²) in [6, 6.07) is 7.90. The lowest BCUT2D eigenvalue weighted by atomic mass is 9.81. The third-order valence-electron chi connectivity index (χ3n) is 5.47. The minimum Gasteiger partial charge on any atom is -0.353 e. The second kappa shape index (κ2) is 6.75. The van der Waals surface area contributed by atoms with E-state index in [1.807, 2.05) is 24.3 Å². The van der Waals surface area contributed by atoms with Crippen molar-refractivity contribution in [2.45, 2.75) is 51.1 Å². The zero-order chi connectivity index (χ0) is 17.4. The molecule has 2 aliphatic carbocycles. The van der Waals surface area contributed by atoms with Gasteiger partial charge in [0, 0.05) is 18.5 Å². The Bertz CT molecular complexity index is 905. The van der Waals surface area contributed by atoms with Gasteiger partial charge < -0.3 is 10.3 Å². The number of hydrogen-bond acceptors (Lipinski definition) is 3. The predicted molar refractivity (Wildman–Crippen MR) is 100 cm³/mol. The smallest absolute Gasteiger partial charge is 0.262 e. The lowest BCUT2D eigenvalue weighted by Crippen LogP contribution is -2.35. The quantitative estimate of drug-likeness (QED) is 0.826. The first kappa shape index (κ1) is 16.5. The van der Waals surface area contributed by atoms with Crippen LogP contribution in [0.1, 0.15) is 38.5 Å². The zero-order valence-electron chi connectivity index (χ0n) is 14.2. The summed E-state index contributed by atoms with van der Waals surface area (Å²) in [4.78, 5) is 28.1. The van der Waals surface area contributed by atoms with Gasteiger partial charge in [-0.1, -0.05) is 12.1 Å². The molecule has 0 radical (unpaired) electrons. The van der Waals surface area contributed by atoms with Crippen LogP contribution in [0.3, 0.4) is 0 Å². The van der Waals surface area contributed by atoms with Crippen LogP contribution < -0.4 is 10.9 Å². The Morgan fingerprint density at radius 2 is 1.88 bits per heavy atom. The largest absolute Gasteiger partial charge is 0.353 e. The molecule has 2 aromatic rings. The molecule has 6 heteroatoms. The van der Waals surface area contributed by atoms with Crippen LogP contribution in [-0.2, 0) is 11.3 Å². The van der Waals surface area contributed by atoms with E-state index in [4.69, 9.17) is 12.2 Å². The zero-order valence-corrected chi connectivity index (χ0v) is 15.0. The number of rotatable bonds is 4. The van der Waals surface area contributed by atoms with E-state index in [-0.39, 0.29) is 17.4 Å². The van der Waals surface area contributed by atoms with Crippen LogP contribution in [0.25, 0.3) is 10.9 Å². The van der Waals surface area contributed by atoms with E-state index in [0.29, 0.717) is 28.7 Å². The molecule has 1 amide bonds. The highest BCUT2D eigenvalue weighted by Gasteiger charge is 2.30. The topological polar surface area (TPSA) is 66.9 Å². The van der Waals surface area contributed by atoms with Crippen LogP contribution in [0.15, 0.2) is 29.1 Å². The first-order valence-corrected chi connectivity index (χ1v) is 9.55. The number of carbonyl (C=O) groups excluding carboxylic acids is 1. The van der Waals surface area contributed by atoms with Crippen LogP contribution in [0.4, 0.5) is 0 Å². The van der Waals surface area contributed by atoms with Crippen LogP contribution in [-0.4, -0.2) is 21.5 Å². The van der Waals surface area contributed by atoms with Crippen molar-refractivity contribution in [1.82, 2.24) is 14.9 Å². The molecule has 2 aliphatic rings. The van der Waals surface area contributed by atoms with Crippen LogP contribution in [0, 0.1) is 16.6 Å². The molecule has 5 nitrogen and oxygen atoms in total. The van der Waals surface area contributed by atoms with Gasteiger partial charge in [0.25, 0.3) is 5.56 Å². The summed E-state index contributed by atoms with van der Waals surface area (Å²) in [6.07, 6.45) is 6.01. The van der Waals surface area contributed by atoms with E-state index < -0.39 is 0 Å². The minimum absolute atomic E-state index is 0.0204. The van der Waals surface area contributed by atoms with E-state index in [9.17, 15) is 9.59 Å². The molecule has 2 saturated carbocycles. The summed E-state index contributed by atoms with van der Waals surface area (Å²) in [5.74, 6) is 0.764. The molecule has 0 saturated heterocycles. The molecule has 0 bridgehead atoms. The Balaban J connectivity index is 1.45. The maximum absolute atomic E-state index is 12.7. The Labute approximate surface area is 151 Å². The number of nitrogens with one attached hydrogen (secondary N) is 2. The van der Waals surface area contributed by atoms with E-state index in [1.165, 1.54) is 0 Å². The number of fused-ring (bicyclic) bond motifs is 1. The number of para-hydroxylation sites is 1. The third-order valence-corrected chi connectivity index (χ3v) is 5.79. The van der Waals surface area contributed by atoms with E-state index in [0.717, 1.165) is 44.0 Å². The molecule has 0 atom stereocenters. The molecule has 25 heavy (non-hydrogen) atoms. The average Bonchev–Trinajstić information content (AvgIpc) is 3.43. The number of amides is 1. The van der Waals surface area contributed by atoms with Gasteiger partial charge in [-0.3, -0.25) is 14.2 Å². The highest BCUT2D eigenvalue weighted by Crippen LogP contribution is 2.31. The van der Waals surface area contributed by atoms with Crippen molar-refractivity contribution in [2.24, 2.45) is 11.8 Å². The second-order valence-electron chi connectivity index (χ2n) is 7.39. The normalized spacial score (nSPS) is 23.5. The Morgan fingerprint density at radius 3 is 2.60 bits per heavy atom. The number of aromatic nitrogens is 2. The SMILES string of the molecule is O=C(NC1CC1)C1CCC(Cn2c(=S)[nH]c3ccccc3c2=O)CC1. The molecule has 1 heterocycles. The van der Waals surface area contributed by atoms with Crippen molar-refractivity contribution in [1.29, 1.82) is 0 Å². The van der Waals surface area contributed by atoms with Gasteiger partial charge >= 0.3 is 0 Å². The minimum atomic E-state index is -0.0204. The van der Waals surface area contributed by atoms with Gasteiger partial charge in [0.15, 0.2) is 4.77 Å². The van der Waals surface area contributed by atoms with E-state index in [2.05, 4.69) is 10.3 Å². The summed E-state index contributed by atoms with van der Waals surface area (Å²) in [7, 11) is 0. The lowest BCUT2D eigenvalue weighted by molar-refractivity contribution is -0.126. The summed E-state index contributed by atoms with van der Waals surface area (Å²) < 4.78 is 2.17. The van der Waals surface area contributed by atoms with Crippen molar-refractivity contribution in [3.63, 3.8) is 0 Å². The van der Waals surface area contributed by atoms with Gasteiger partial charge in [-0.25, -0.2) is 0 Å². The Hall–Kier alpha value is -1.95. The first-order chi connectivity index (χ1) is 12.1. The maximum Gasteiger partial charge on any atom is 0.262 e. The maximum atomic E-state index is 12.7. The summed E-state index contributed by atoms with van der Waals surface area (Å²) >= 11 is 5.40. The van der Waals surface area contributed by atoms with Crippen molar-refractivity contribution in [2.75, 3.05) is 0 Å². The fraction of sp³-hybridized carbons (Fsp3) is 0.526. The highest BCUT2D eigenvalue weighted by molar-refractivity contribution is 7.71. The monoisotopic (exact) mass is 357 g/mol. The van der Waals surface area contributed by atoms with Crippen molar-refractivity contribution < 1.29 is 4.79 Å². The standard InChI is InChI=1S/C19H23N3O2S/c23-17(20-14-9-10-14)13-7-5-12(6-8-13)11-22-18(24)15-3-1-2-4-16(15)21-19(22)25/h1-4,12-14H,5-11H2,(H,20,23)(H,21,25). The third kappa shape index (κ3) is 3.54. The number of aromatic amines is 1. The molecule has 1 aromatic carbocycles. The van der Waals surface area contributed by atoms with Crippen LogP contribution in [0.2, 0.25) is 0 Å². The average molecular weight is 357 g/mol. The first-order valence-electron chi connectivity index (χ1n) is 9.14. The van der Waals surface area contributed by atoms with Crippen molar-refractivity contribution in [3.05, 3.63) is 39.4 Å². The summed E-state index contributed by atoms with van der Waals surface area (Å²) in [6.45, 7) is 0.635. The molecular weight excluding hydrogens is 334 g/mol. The number of nitrogens with zero attached hydrogens (tertiary/aromatic N) is 1. The van der Waals surface area contributed by atoms with Gasteiger partial charge in [0.05, 0.1) is 10.9 Å². The molecular formula is C19H23N3O2S. The van der Waals surface area contributed by atoms with Gasteiger partial charge in [-0.2, -0.15) is 0 Å². The summed E-state index contributed by atoms with van der Waals surface area (Å²) in [5, 5.41) is 3.79. The fourth-order valence-electron chi connectivity index (χ4n) is 3.78.